The fraction of sp³-hybridized carbons (Fsp3) is 0.412. The minimum Gasteiger partial charge on any atom is -0.385 e. The number of nitrogens with one attached hydrogen (secondary N) is 2. The standard InChI is InChI=1S/C17H23N5O3S/c1-12(16(24)18-8-5-9-25-3)26-17-21-19-11-22(17)15-7-4-6-14(10-15)20-13(2)23/h4,6-7,10-12H,5,8-9H2,1-3H3,(H,18,24)(H,20,23). The Morgan fingerprint density at radius 2 is 2.19 bits per heavy atom. The number of rotatable bonds is 9. The first-order valence-electron chi connectivity index (χ1n) is 8.22. The van der Waals surface area contributed by atoms with Gasteiger partial charge in [0.15, 0.2) is 5.16 Å². The Bertz CT molecular complexity index is 750. The van der Waals surface area contributed by atoms with Gasteiger partial charge in [-0.25, -0.2) is 0 Å². The van der Waals surface area contributed by atoms with Crippen LogP contribution in [0.3, 0.4) is 0 Å². The molecule has 2 rings (SSSR count). The summed E-state index contributed by atoms with van der Waals surface area (Å²) in [6.45, 7) is 4.46. The molecule has 26 heavy (non-hydrogen) atoms. The third kappa shape index (κ3) is 5.85. The minimum absolute atomic E-state index is 0.0624. The molecule has 0 saturated carbocycles. The average Bonchev–Trinajstić information content (AvgIpc) is 3.06. The quantitative estimate of drug-likeness (QED) is 0.511. The van der Waals surface area contributed by atoms with Gasteiger partial charge in [0.05, 0.1) is 10.9 Å². The molecule has 140 valence electrons. The number of carbonyl (C=O) groups is 2. The van der Waals surface area contributed by atoms with Crippen molar-refractivity contribution in [3.63, 3.8) is 0 Å². The Morgan fingerprint density at radius 1 is 1.38 bits per heavy atom. The van der Waals surface area contributed by atoms with Gasteiger partial charge in [0.1, 0.15) is 6.33 Å². The summed E-state index contributed by atoms with van der Waals surface area (Å²) in [5, 5.41) is 13.9. The van der Waals surface area contributed by atoms with Crippen LogP contribution in [0.2, 0.25) is 0 Å². The average molecular weight is 377 g/mol. The predicted octanol–water partition coefficient (Wildman–Crippen LogP) is 1.86. The van der Waals surface area contributed by atoms with E-state index in [2.05, 4.69) is 20.8 Å². The van der Waals surface area contributed by atoms with E-state index in [1.54, 1.807) is 24.1 Å². The van der Waals surface area contributed by atoms with E-state index >= 15 is 0 Å². The first-order valence-corrected chi connectivity index (χ1v) is 9.10. The molecule has 1 unspecified atom stereocenters. The van der Waals surface area contributed by atoms with Gasteiger partial charge in [0.25, 0.3) is 0 Å². The predicted molar refractivity (Wildman–Crippen MR) is 100 cm³/mol. The molecule has 9 heteroatoms. The van der Waals surface area contributed by atoms with Crippen molar-refractivity contribution in [2.24, 2.45) is 0 Å². The number of methoxy groups -OCH3 is 1. The summed E-state index contributed by atoms with van der Waals surface area (Å²) < 4.78 is 6.75. The van der Waals surface area contributed by atoms with Crippen LogP contribution in [0.25, 0.3) is 5.69 Å². The molecule has 0 fully saturated rings. The summed E-state index contributed by atoms with van der Waals surface area (Å²) in [4.78, 5) is 23.4. The van der Waals surface area contributed by atoms with E-state index in [1.165, 1.54) is 18.7 Å². The molecule has 2 N–H and O–H groups in total. The maximum atomic E-state index is 12.2. The van der Waals surface area contributed by atoms with Crippen molar-refractivity contribution in [3.05, 3.63) is 30.6 Å². The number of ether oxygens (including phenoxy) is 1. The van der Waals surface area contributed by atoms with Gasteiger partial charge in [-0.05, 0) is 31.5 Å². The zero-order chi connectivity index (χ0) is 18.9. The number of amides is 2. The number of anilines is 1. The molecule has 2 amide bonds. The van der Waals surface area contributed by atoms with E-state index in [9.17, 15) is 9.59 Å². The van der Waals surface area contributed by atoms with E-state index in [0.717, 1.165) is 12.1 Å². The second-order valence-corrected chi connectivity index (χ2v) is 6.92. The first kappa shape index (κ1) is 19.9. The summed E-state index contributed by atoms with van der Waals surface area (Å²) in [6, 6.07) is 7.34. The summed E-state index contributed by atoms with van der Waals surface area (Å²) in [5.74, 6) is -0.202. The van der Waals surface area contributed by atoms with E-state index < -0.39 is 0 Å². The van der Waals surface area contributed by atoms with E-state index in [-0.39, 0.29) is 17.1 Å². The molecule has 0 aliphatic carbocycles. The highest BCUT2D eigenvalue weighted by Crippen LogP contribution is 2.25. The lowest BCUT2D eigenvalue weighted by Gasteiger charge is -2.13. The van der Waals surface area contributed by atoms with Crippen molar-refractivity contribution in [1.82, 2.24) is 20.1 Å². The molecule has 0 saturated heterocycles. The van der Waals surface area contributed by atoms with E-state index in [4.69, 9.17) is 4.74 Å². The summed E-state index contributed by atoms with van der Waals surface area (Å²) in [6.07, 6.45) is 2.35. The van der Waals surface area contributed by atoms with Crippen molar-refractivity contribution in [2.45, 2.75) is 30.7 Å². The van der Waals surface area contributed by atoms with Gasteiger partial charge < -0.3 is 15.4 Å². The van der Waals surface area contributed by atoms with Gasteiger partial charge in [0, 0.05) is 32.9 Å². The van der Waals surface area contributed by atoms with Crippen LogP contribution < -0.4 is 10.6 Å². The molecule has 1 heterocycles. The number of carbonyl (C=O) groups excluding carboxylic acids is 2. The third-order valence-electron chi connectivity index (χ3n) is 3.44. The lowest BCUT2D eigenvalue weighted by Crippen LogP contribution is -2.32. The molecule has 0 bridgehead atoms. The topological polar surface area (TPSA) is 98.1 Å². The molecule has 1 aromatic heterocycles. The van der Waals surface area contributed by atoms with Crippen LogP contribution in [-0.2, 0) is 14.3 Å². The lowest BCUT2D eigenvalue weighted by atomic mass is 10.2. The van der Waals surface area contributed by atoms with Crippen LogP contribution in [0.5, 0.6) is 0 Å². The Hall–Kier alpha value is -2.39. The fourth-order valence-electron chi connectivity index (χ4n) is 2.20. The summed E-state index contributed by atoms with van der Waals surface area (Å²) >= 11 is 1.32. The highest BCUT2D eigenvalue weighted by molar-refractivity contribution is 8.00. The van der Waals surface area contributed by atoms with Gasteiger partial charge in [-0.1, -0.05) is 17.8 Å². The second kappa shape index (κ2) is 9.93. The first-order chi connectivity index (χ1) is 12.5. The molecular weight excluding hydrogens is 354 g/mol. The van der Waals surface area contributed by atoms with Crippen LogP contribution in [0.4, 0.5) is 5.69 Å². The zero-order valence-electron chi connectivity index (χ0n) is 15.1. The molecule has 1 atom stereocenters. The molecule has 1 aromatic carbocycles. The molecular formula is C17H23N5O3S. The molecule has 0 spiro atoms. The third-order valence-corrected chi connectivity index (χ3v) is 4.49. The normalized spacial score (nSPS) is 11.8. The Kier molecular flexibility index (Phi) is 7.61. The monoisotopic (exact) mass is 377 g/mol. The highest BCUT2D eigenvalue weighted by atomic mass is 32.2. The largest absolute Gasteiger partial charge is 0.385 e. The molecule has 0 aliphatic heterocycles. The van der Waals surface area contributed by atoms with Crippen LogP contribution in [0.15, 0.2) is 35.7 Å². The van der Waals surface area contributed by atoms with Crippen molar-refractivity contribution >= 4 is 29.3 Å². The van der Waals surface area contributed by atoms with Crippen LogP contribution >= 0.6 is 11.8 Å². The molecule has 0 radical (unpaired) electrons. The molecule has 8 nitrogen and oxygen atoms in total. The van der Waals surface area contributed by atoms with Crippen LogP contribution in [-0.4, -0.2) is 52.1 Å². The lowest BCUT2D eigenvalue weighted by molar-refractivity contribution is -0.120. The number of nitrogens with zero attached hydrogens (tertiary/aromatic N) is 3. The number of hydrogen-bond donors (Lipinski definition) is 2. The number of thioether (sulfide) groups is 1. The van der Waals surface area contributed by atoms with Crippen molar-refractivity contribution in [3.8, 4) is 5.69 Å². The van der Waals surface area contributed by atoms with Crippen LogP contribution in [0.1, 0.15) is 20.3 Å². The molecule has 0 aliphatic rings. The Balaban J connectivity index is 2.04. The maximum Gasteiger partial charge on any atom is 0.233 e. The maximum absolute atomic E-state index is 12.2. The van der Waals surface area contributed by atoms with Crippen molar-refractivity contribution in [2.75, 3.05) is 25.6 Å². The zero-order valence-corrected chi connectivity index (χ0v) is 15.9. The van der Waals surface area contributed by atoms with Crippen molar-refractivity contribution < 1.29 is 14.3 Å². The SMILES string of the molecule is COCCCNC(=O)C(C)Sc1nncn1-c1cccc(NC(C)=O)c1. The van der Waals surface area contributed by atoms with Gasteiger partial charge in [-0.2, -0.15) is 0 Å². The smallest absolute Gasteiger partial charge is 0.233 e. The number of hydrogen-bond acceptors (Lipinski definition) is 6. The fourth-order valence-corrected chi connectivity index (χ4v) is 3.07. The van der Waals surface area contributed by atoms with Crippen LogP contribution in [0, 0.1) is 0 Å². The van der Waals surface area contributed by atoms with Gasteiger partial charge in [-0.15, -0.1) is 10.2 Å². The van der Waals surface area contributed by atoms with Gasteiger partial charge in [0.2, 0.25) is 11.8 Å². The van der Waals surface area contributed by atoms with E-state index in [0.29, 0.717) is 24.0 Å². The Morgan fingerprint density at radius 3 is 2.92 bits per heavy atom. The van der Waals surface area contributed by atoms with Gasteiger partial charge in [-0.3, -0.25) is 14.2 Å². The van der Waals surface area contributed by atoms with Crippen molar-refractivity contribution in [1.29, 1.82) is 0 Å². The number of aromatic nitrogens is 3. The number of benzene rings is 1. The summed E-state index contributed by atoms with van der Waals surface area (Å²) in [5.41, 5.74) is 1.49. The minimum atomic E-state index is -0.320. The highest BCUT2D eigenvalue weighted by Gasteiger charge is 2.18. The second-order valence-electron chi connectivity index (χ2n) is 5.61. The van der Waals surface area contributed by atoms with E-state index in [1.807, 2.05) is 25.1 Å². The molecule has 2 aromatic rings. The summed E-state index contributed by atoms with van der Waals surface area (Å²) in [7, 11) is 1.63. The Labute approximate surface area is 156 Å². The van der Waals surface area contributed by atoms with Gasteiger partial charge >= 0.3 is 0 Å².